The van der Waals surface area contributed by atoms with Crippen molar-refractivity contribution < 1.29 is 18.7 Å². The van der Waals surface area contributed by atoms with Gasteiger partial charge in [-0.2, -0.15) is 0 Å². The van der Waals surface area contributed by atoms with Crippen LogP contribution in [0.2, 0.25) is 0 Å². The number of ether oxygens (including phenoxy) is 1. The van der Waals surface area contributed by atoms with Gasteiger partial charge in [0, 0.05) is 25.2 Å². The highest BCUT2D eigenvalue weighted by molar-refractivity contribution is 5.95. The van der Waals surface area contributed by atoms with Gasteiger partial charge in [-0.05, 0) is 48.4 Å². The van der Waals surface area contributed by atoms with E-state index in [1.54, 1.807) is 4.90 Å². The molecule has 2 aromatic rings. The van der Waals surface area contributed by atoms with Crippen molar-refractivity contribution >= 4 is 17.5 Å². The molecule has 1 fully saturated rings. The molecular formula is C20H21FN2O3. The highest BCUT2D eigenvalue weighted by atomic mass is 19.1. The van der Waals surface area contributed by atoms with Crippen LogP contribution in [0.3, 0.4) is 0 Å². The smallest absolute Gasteiger partial charge is 0.227 e. The minimum Gasteiger partial charge on any atom is -0.493 e. The number of hydrogen-bond donors (Lipinski definition) is 1. The molecule has 0 unspecified atom stereocenters. The van der Waals surface area contributed by atoms with Crippen LogP contribution < -0.4 is 15.0 Å². The van der Waals surface area contributed by atoms with Crippen LogP contribution in [0.4, 0.5) is 10.1 Å². The highest BCUT2D eigenvalue weighted by Crippen LogP contribution is 2.21. The molecule has 26 heavy (non-hydrogen) atoms. The van der Waals surface area contributed by atoms with Gasteiger partial charge in [0.15, 0.2) is 0 Å². The Morgan fingerprint density at radius 2 is 1.85 bits per heavy atom. The minimum absolute atomic E-state index is 0.120. The molecule has 0 aliphatic carbocycles. The zero-order valence-corrected chi connectivity index (χ0v) is 14.4. The van der Waals surface area contributed by atoms with Crippen LogP contribution in [0, 0.1) is 5.82 Å². The maximum atomic E-state index is 12.8. The van der Waals surface area contributed by atoms with Crippen LogP contribution in [0.1, 0.15) is 24.8 Å². The number of carbonyl (C=O) groups excluding carboxylic acids is 2. The van der Waals surface area contributed by atoms with Gasteiger partial charge < -0.3 is 15.0 Å². The summed E-state index contributed by atoms with van der Waals surface area (Å²) in [6, 6.07) is 13.3. The molecular weight excluding hydrogens is 335 g/mol. The van der Waals surface area contributed by atoms with Crippen molar-refractivity contribution in [1.82, 2.24) is 5.32 Å². The number of amides is 2. The van der Waals surface area contributed by atoms with Gasteiger partial charge in [-0.25, -0.2) is 4.39 Å². The van der Waals surface area contributed by atoms with Crippen LogP contribution >= 0.6 is 0 Å². The van der Waals surface area contributed by atoms with Gasteiger partial charge in [0.1, 0.15) is 11.6 Å². The van der Waals surface area contributed by atoms with E-state index in [1.165, 1.54) is 24.3 Å². The van der Waals surface area contributed by atoms with Gasteiger partial charge in [0.25, 0.3) is 0 Å². The normalized spacial score (nSPS) is 13.7. The van der Waals surface area contributed by atoms with Crippen LogP contribution in [0.15, 0.2) is 48.5 Å². The van der Waals surface area contributed by atoms with Crippen molar-refractivity contribution in [2.24, 2.45) is 0 Å². The molecule has 5 nitrogen and oxygen atoms in total. The lowest BCUT2D eigenvalue weighted by Crippen LogP contribution is -2.25. The molecule has 136 valence electrons. The first-order chi connectivity index (χ1) is 12.6. The van der Waals surface area contributed by atoms with Crippen LogP contribution in [0.5, 0.6) is 5.75 Å². The molecule has 1 saturated heterocycles. The Balaban J connectivity index is 1.40. The summed E-state index contributed by atoms with van der Waals surface area (Å²) in [5.74, 6) is 0.250. The fraction of sp³-hybridized carbons (Fsp3) is 0.300. The van der Waals surface area contributed by atoms with E-state index < -0.39 is 0 Å². The van der Waals surface area contributed by atoms with E-state index in [1.807, 2.05) is 24.3 Å². The summed E-state index contributed by atoms with van der Waals surface area (Å²) in [4.78, 5) is 25.4. The zero-order valence-electron chi connectivity index (χ0n) is 14.4. The number of anilines is 1. The van der Waals surface area contributed by atoms with Gasteiger partial charge in [0.05, 0.1) is 13.0 Å². The van der Waals surface area contributed by atoms with Crippen molar-refractivity contribution in [2.75, 3.05) is 18.1 Å². The maximum Gasteiger partial charge on any atom is 0.227 e. The molecule has 0 saturated carbocycles. The van der Waals surface area contributed by atoms with Crippen molar-refractivity contribution in [2.45, 2.75) is 25.8 Å². The fourth-order valence-corrected chi connectivity index (χ4v) is 2.80. The summed E-state index contributed by atoms with van der Waals surface area (Å²) < 4.78 is 18.2. The Bertz CT molecular complexity index is 760. The molecule has 1 N–H and O–H groups in total. The predicted molar refractivity (Wildman–Crippen MR) is 96.4 cm³/mol. The Kier molecular flexibility index (Phi) is 5.84. The summed E-state index contributed by atoms with van der Waals surface area (Å²) in [5.41, 5.74) is 1.86. The number of nitrogens with one attached hydrogen (secondary N) is 1. The average molecular weight is 356 g/mol. The highest BCUT2D eigenvalue weighted by Gasteiger charge is 2.21. The van der Waals surface area contributed by atoms with E-state index in [0.29, 0.717) is 18.7 Å². The average Bonchev–Trinajstić information content (AvgIpc) is 3.08. The van der Waals surface area contributed by atoms with Gasteiger partial charge in [-0.15, -0.1) is 0 Å². The second kappa shape index (κ2) is 8.47. The number of nitrogens with zero attached hydrogens (tertiary/aromatic N) is 1. The molecule has 1 aliphatic heterocycles. The fourth-order valence-electron chi connectivity index (χ4n) is 2.80. The monoisotopic (exact) mass is 356 g/mol. The Hall–Kier alpha value is -2.89. The van der Waals surface area contributed by atoms with Crippen LogP contribution in [0.25, 0.3) is 0 Å². The molecule has 0 radical (unpaired) electrons. The number of halogens is 1. The first-order valence-electron chi connectivity index (χ1n) is 8.66. The second-order valence-corrected chi connectivity index (χ2v) is 6.14. The van der Waals surface area contributed by atoms with Gasteiger partial charge in [0.2, 0.25) is 11.8 Å². The van der Waals surface area contributed by atoms with Crippen molar-refractivity contribution in [1.29, 1.82) is 0 Å². The summed E-state index contributed by atoms with van der Waals surface area (Å²) >= 11 is 0. The van der Waals surface area contributed by atoms with Crippen molar-refractivity contribution in [3.63, 3.8) is 0 Å². The van der Waals surface area contributed by atoms with Gasteiger partial charge in [-0.1, -0.05) is 12.1 Å². The number of carbonyl (C=O) groups is 2. The predicted octanol–water partition coefficient (Wildman–Crippen LogP) is 3.04. The number of benzene rings is 2. The second-order valence-electron chi connectivity index (χ2n) is 6.14. The van der Waals surface area contributed by atoms with E-state index in [2.05, 4.69) is 5.32 Å². The quantitative estimate of drug-likeness (QED) is 0.830. The lowest BCUT2D eigenvalue weighted by Gasteiger charge is -2.16. The molecule has 3 rings (SSSR count). The van der Waals surface area contributed by atoms with E-state index in [9.17, 15) is 14.0 Å². The molecule has 2 aromatic carbocycles. The van der Waals surface area contributed by atoms with E-state index >= 15 is 0 Å². The molecule has 1 heterocycles. The summed E-state index contributed by atoms with van der Waals surface area (Å²) in [5, 5.41) is 2.83. The Morgan fingerprint density at radius 3 is 2.50 bits per heavy atom. The molecule has 2 amide bonds. The Labute approximate surface area is 151 Å². The standard InChI is InChI=1S/C20H21FN2O3/c21-16-5-9-18(10-6-16)26-13-11-19(24)22-14-15-3-7-17(8-4-15)23-12-1-2-20(23)25/h3-10H,1-2,11-14H2,(H,22,24). The van der Waals surface area contributed by atoms with E-state index in [-0.39, 0.29) is 30.7 Å². The first-order valence-corrected chi connectivity index (χ1v) is 8.66. The van der Waals surface area contributed by atoms with Crippen molar-refractivity contribution in [3.05, 3.63) is 59.9 Å². The Morgan fingerprint density at radius 1 is 1.12 bits per heavy atom. The van der Waals surface area contributed by atoms with Crippen molar-refractivity contribution in [3.8, 4) is 5.75 Å². The van der Waals surface area contributed by atoms with Crippen LogP contribution in [-0.4, -0.2) is 25.0 Å². The zero-order chi connectivity index (χ0) is 18.4. The topological polar surface area (TPSA) is 58.6 Å². The first kappa shape index (κ1) is 17.9. The van der Waals surface area contributed by atoms with Gasteiger partial charge >= 0.3 is 0 Å². The minimum atomic E-state index is -0.324. The van der Waals surface area contributed by atoms with Gasteiger partial charge in [-0.3, -0.25) is 9.59 Å². The lowest BCUT2D eigenvalue weighted by molar-refractivity contribution is -0.121. The molecule has 0 spiro atoms. The summed E-state index contributed by atoms with van der Waals surface area (Å²) in [6.45, 7) is 1.42. The summed E-state index contributed by atoms with van der Waals surface area (Å²) in [6.07, 6.45) is 1.73. The maximum absolute atomic E-state index is 12.8. The molecule has 6 heteroatoms. The lowest BCUT2D eigenvalue weighted by atomic mass is 10.2. The third-order valence-corrected chi connectivity index (χ3v) is 4.22. The third kappa shape index (κ3) is 4.81. The molecule has 0 atom stereocenters. The van der Waals surface area contributed by atoms with E-state index in [0.717, 1.165) is 24.2 Å². The summed E-state index contributed by atoms with van der Waals surface area (Å²) in [7, 11) is 0. The van der Waals surface area contributed by atoms with E-state index in [4.69, 9.17) is 4.74 Å². The third-order valence-electron chi connectivity index (χ3n) is 4.22. The SMILES string of the molecule is O=C(CCOc1ccc(F)cc1)NCc1ccc(N2CCCC2=O)cc1. The number of rotatable bonds is 7. The van der Waals surface area contributed by atoms with Crippen LogP contribution in [-0.2, 0) is 16.1 Å². The molecule has 0 bridgehead atoms. The largest absolute Gasteiger partial charge is 0.493 e. The molecule has 0 aromatic heterocycles. The number of hydrogen-bond acceptors (Lipinski definition) is 3. The molecule has 1 aliphatic rings.